The van der Waals surface area contributed by atoms with Crippen LogP contribution in [-0.2, 0) is 27.3 Å². The molecule has 4 rings (SSSR count). The zero-order chi connectivity index (χ0) is 26.2. The largest absolute Gasteiger partial charge is 0.467 e. The van der Waals surface area contributed by atoms with Crippen LogP contribution >= 0.6 is 0 Å². The minimum absolute atomic E-state index is 0.163. The van der Waals surface area contributed by atoms with E-state index in [-0.39, 0.29) is 11.8 Å². The number of ether oxygens (including phenoxy) is 1. The summed E-state index contributed by atoms with van der Waals surface area (Å²) in [5, 5.41) is 6.67. The number of fused-ring (bicyclic) bond motifs is 1. The molecule has 0 aliphatic heterocycles. The Morgan fingerprint density at radius 3 is 2.38 bits per heavy atom. The van der Waals surface area contributed by atoms with Crippen molar-refractivity contribution in [1.29, 1.82) is 0 Å². The van der Waals surface area contributed by atoms with Crippen molar-refractivity contribution in [1.82, 2.24) is 15.6 Å². The quantitative estimate of drug-likeness (QED) is 0.237. The first-order valence-corrected chi connectivity index (χ1v) is 12.0. The van der Waals surface area contributed by atoms with Crippen LogP contribution in [0.5, 0.6) is 0 Å². The molecule has 0 aliphatic rings. The van der Waals surface area contributed by atoms with E-state index in [1.54, 1.807) is 31.2 Å². The molecular formula is C30H29N3O4. The minimum atomic E-state index is -0.838. The summed E-state index contributed by atoms with van der Waals surface area (Å²) in [6, 6.07) is 23.5. The first kappa shape index (κ1) is 25.4. The SMILES string of the molecule is COC(=O)[C@H](Cc1c[nH]c2ccccc12)NC(=O)c1ccc(CNC(=O)C(C)=Cc2ccccc2)cc1. The third kappa shape index (κ3) is 6.52. The molecule has 1 aromatic heterocycles. The Morgan fingerprint density at radius 2 is 1.65 bits per heavy atom. The van der Waals surface area contributed by atoms with Crippen molar-refractivity contribution in [2.24, 2.45) is 0 Å². The number of methoxy groups -OCH3 is 1. The van der Waals surface area contributed by atoms with Crippen molar-refractivity contribution in [3.63, 3.8) is 0 Å². The van der Waals surface area contributed by atoms with Crippen LogP contribution in [0.2, 0.25) is 0 Å². The second-order valence-electron chi connectivity index (χ2n) is 8.73. The lowest BCUT2D eigenvalue weighted by Crippen LogP contribution is -2.43. The number of aromatic nitrogens is 1. The summed E-state index contributed by atoms with van der Waals surface area (Å²) in [6.45, 7) is 2.09. The van der Waals surface area contributed by atoms with Crippen molar-refractivity contribution in [3.8, 4) is 0 Å². The fraction of sp³-hybridized carbons (Fsp3) is 0.167. The van der Waals surface area contributed by atoms with Gasteiger partial charge in [0.2, 0.25) is 5.91 Å². The topological polar surface area (TPSA) is 100 Å². The highest BCUT2D eigenvalue weighted by molar-refractivity contribution is 5.98. The Bertz CT molecular complexity index is 1420. The van der Waals surface area contributed by atoms with Crippen molar-refractivity contribution in [2.75, 3.05) is 7.11 Å². The highest BCUT2D eigenvalue weighted by Gasteiger charge is 2.24. The van der Waals surface area contributed by atoms with E-state index < -0.39 is 12.0 Å². The molecule has 188 valence electrons. The van der Waals surface area contributed by atoms with Crippen LogP contribution in [-0.4, -0.2) is 35.9 Å². The Kier molecular flexibility index (Phi) is 8.15. The molecule has 0 saturated heterocycles. The van der Waals surface area contributed by atoms with Gasteiger partial charge >= 0.3 is 5.97 Å². The predicted molar refractivity (Wildman–Crippen MR) is 144 cm³/mol. The van der Waals surface area contributed by atoms with Gasteiger partial charge in [0.05, 0.1) is 7.11 Å². The van der Waals surface area contributed by atoms with E-state index >= 15 is 0 Å². The van der Waals surface area contributed by atoms with Gasteiger partial charge in [0.15, 0.2) is 0 Å². The van der Waals surface area contributed by atoms with Gasteiger partial charge in [-0.1, -0.05) is 60.7 Å². The molecule has 4 aromatic rings. The Balaban J connectivity index is 1.36. The number of aromatic amines is 1. The molecule has 1 atom stereocenters. The number of esters is 1. The monoisotopic (exact) mass is 495 g/mol. The van der Waals surface area contributed by atoms with Crippen LogP contribution < -0.4 is 10.6 Å². The number of benzene rings is 3. The van der Waals surface area contributed by atoms with Crippen molar-refractivity contribution >= 4 is 34.8 Å². The number of hydrogen-bond donors (Lipinski definition) is 3. The van der Waals surface area contributed by atoms with Gasteiger partial charge in [0, 0.05) is 41.2 Å². The molecule has 0 fully saturated rings. The van der Waals surface area contributed by atoms with Gasteiger partial charge < -0.3 is 20.4 Å². The fourth-order valence-electron chi connectivity index (χ4n) is 4.06. The van der Waals surface area contributed by atoms with Crippen LogP contribution in [0, 0.1) is 0 Å². The molecule has 3 aromatic carbocycles. The molecule has 1 heterocycles. The number of carbonyl (C=O) groups is 3. The van der Waals surface area contributed by atoms with Crippen molar-refractivity contribution in [2.45, 2.75) is 25.9 Å². The van der Waals surface area contributed by atoms with E-state index in [0.717, 1.165) is 27.6 Å². The highest BCUT2D eigenvalue weighted by Crippen LogP contribution is 2.19. The maximum absolute atomic E-state index is 12.9. The molecule has 3 N–H and O–H groups in total. The summed E-state index contributed by atoms with van der Waals surface area (Å²) >= 11 is 0. The van der Waals surface area contributed by atoms with Crippen LogP contribution in [0.25, 0.3) is 17.0 Å². The Hall–Kier alpha value is -4.65. The molecule has 7 nitrogen and oxygen atoms in total. The van der Waals surface area contributed by atoms with Gasteiger partial charge in [-0.05, 0) is 47.9 Å². The van der Waals surface area contributed by atoms with E-state index in [1.807, 2.05) is 66.9 Å². The first-order chi connectivity index (χ1) is 17.9. The van der Waals surface area contributed by atoms with E-state index in [1.165, 1.54) is 7.11 Å². The number of para-hydroxylation sites is 1. The lowest BCUT2D eigenvalue weighted by atomic mass is 10.0. The third-order valence-corrected chi connectivity index (χ3v) is 6.10. The zero-order valence-electron chi connectivity index (χ0n) is 20.8. The molecule has 0 saturated carbocycles. The number of rotatable bonds is 9. The number of nitrogens with one attached hydrogen (secondary N) is 3. The van der Waals surface area contributed by atoms with Crippen molar-refractivity contribution < 1.29 is 19.1 Å². The molecule has 0 unspecified atom stereocenters. The summed E-state index contributed by atoms with van der Waals surface area (Å²) in [4.78, 5) is 40.9. The highest BCUT2D eigenvalue weighted by atomic mass is 16.5. The fourth-order valence-corrected chi connectivity index (χ4v) is 4.06. The van der Waals surface area contributed by atoms with Crippen LogP contribution in [0.3, 0.4) is 0 Å². The third-order valence-electron chi connectivity index (χ3n) is 6.10. The normalized spacial score (nSPS) is 12.1. The summed E-state index contributed by atoms with van der Waals surface area (Å²) in [5.41, 5.74) is 4.69. The van der Waals surface area contributed by atoms with Crippen LogP contribution in [0.4, 0.5) is 0 Å². The van der Waals surface area contributed by atoms with E-state index in [0.29, 0.717) is 24.1 Å². The van der Waals surface area contributed by atoms with Gasteiger partial charge in [0.25, 0.3) is 5.91 Å². The molecular weight excluding hydrogens is 466 g/mol. The molecule has 0 spiro atoms. The molecule has 0 radical (unpaired) electrons. The molecule has 37 heavy (non-hydrogen) atoms. The smallest absolute Gasteiger partial charge is 0.328 e. The zero-order valence-corrected chi connectivity index (χ0v) is 20.8. The molecule has 7 heteroatoms. The number of carbonyl (C=O) groups excluding carboxylic acids is 3. The second kappa shape index (κ2) is 11.9. The van der Waals surface area contributed by atoms with Gasteiger partial charge in [0.1, 0.15) is 6.04 Å². The van der Waals surface area contributed by atoms with Gasteiger partial charge in [-0.25, -0.2) is 4.79 Å². The van der Waals surface area contributed by atoms with E-state index in [2.05, 4.69) is 15.6 Å². The van der Waals surface area contributed by atoms with Crippen molar-refractivity contribution in [3.05, 3.63) is 113 Å². The standard InChI is InChI=1S/C30H29N3O4/c1-20(16-21-8-4-3-5-9-21)28(34)32-18-22-12-14-23(15-13-22)29(35)33-27(30(36)37-2)17-24-19-31-26-11-7-6-10-25(24)26/h3-16,19,27,31H,17-18H2,1-2H3,(H,32,34)(H,33,35)/t27-/m0/s1. The minimum Gasteiger partial charge on any atom is -0.467 e. The maximum atomic E-state index is 12.9. The van der Waals surface area contributed by atoms with Gasteiger partial charge in [-0.15, -0.1) is 0 Å². The summed E-state index contributed by atoms with van der Waals surface area (Å²) in [5.74, 6) is -1.06. The number of hydrogen-bond acceptors (Lipinski definition) is 4. The number of H-pyrrole nitrogens is 1. The lowest BCUT2D eigenvalue weighted by molar-refractivity contribution is -0.142. The van der Waals surface area contributed by atoms with E-state index in [9.17, 15) is 14.4 Å². The predicted octanol–water partition coefficient (Wildman–Crippen LogP) is 4.40. The summed E-state index contributed by atoms with van der Waals surface area (Å²) in [6.07, 6.45) is 3.96. The molecule has 0 bridgehead atoms. The molecule has 2 amide bonds. The Morgan fingerprint density at radius 1 is 0.946 bits per heavy atom. The maximum Gasteiger partial charge on any atom is 0.328 e. The average Bonchev–Trinajstić information content (AvgIpc) is 3.34. The summed E-state index contributed by atoms with van der Waals surface area (Å²) in [7, 11) is 1.30. The first-order valence-electron chi connectivity index (χ1n) is 12.0. The molecule has 0 aliphatic carbocycles. The lowest BCUT2D eigenvalue weighted by Gasteiger charge is -2.16. The van der Waals surface area contributed by atoms with Crippen LogP contribution in [0.15, 0.2) is 90.6 Å². The van der Waals surface area contributed by atoms with Gasteiger partial charge in [-0.3, -0.25) is 9.59 Å². The van der Waals surface area contributed by atoms with Gasteiger partial charge in [-0.2, -0.15) is 0 Å². The second-order valence-corrected chi connectivity index (χ2v) is 8.73. The Labute approximate surface area is 215 Å². The van der Waals surface area contributed by atoms with Crippen LogP contribution in [0.1, 0.15) is 34.0 Å². The summed E-state index contributed by atoms with van der Waals surface area (Å²) < 4.78 is 4.93. The number of amides is 2. The van der Waals surface area contributed by atoms with E-state index in [4.69, 9.17) is 4.74 Å². The average molecular weight is 496 g/mol.